The van der Waals surface area contributed by atoms with E-state index in [2.05, 4.69) is 11.7 Å². The van der Waals surface area contributed by atoms with Crippen molar-refractivity contribution in [2.75, 3.05) is 33.5 Å². The lowest BCUT2D eigenvalue weighted by atomic mass is 9.95. The fourth-order valence-electron chi connectivity index (χ4n) is 1.03. The second kappa shape index (κ2) is 7.65. The van der Waals surface area contributed by atoms with Gasteiger partial charge in [-0.25, -0.2) is 0 Å². The van der Waals surface area contributed by atoms with Crippen molar-refractivity contribution in [1.29, 1.82) is 0 Å². The topological polar surface area (TPSA) is 44.8 Å². The molecule has 0 amide bonds. The van der Waals surface area contributed by atoms with E-state index in [1.807, 2.05) is 0 Å². The number of hydrogen-bond donors (Lipinski definition) is 0. The van der Waals surface area contributed by atoms with Gasteiger partial charge in [-0.3, -0.25) is 4.79 Å². The van der Waals surface area contributed by atoms with Crippen molar-refractivity contribution in [3.8, 4) is 0 Å². The molecule has 0 aliphatic carbocycles. The maximum Gasteiger partial charge on any atom is 0.313 e. The van der Waals surface area contributed by atoms with Crippen molar-refractivity contribution in [3.63, 3.8) is 0 Å². The second-order valence-corrected chi connectivity index (χ2v) is 4.04. The highest BCUT2D eigenvalue weighted by Crippen LogP contribution is 2.16. The lowest BCUT2D eigenvalue weighted by Crippen LogP contribution is -2.31. The van der Waals surface area contributed by atoms with Gasteiger partial charge in [-0.15, -0.1) is 0 Å². The third-order valence-electron chi connectivity index (χ3n) is 1.92. The van der Waals surface area contributed by atoms with Gasteiger partial charge in [-0.2, -0.15) is 0 Å². The first-order valence-electron chi connectivity index (χ1n) is 5.28. The predicted octanol–water partition coefficient (Wildman–Crippen LogP) is 1.63. The first-order chi connectivity index (χ1) is 7.04. The summed E-state index contributed by atoms with van der Waals surface area (Å²) in [5.41, 5.74) is -0.584. The molecule has 0 spiro atoms. The summed E-state index contributed by atoms with van der Waals surface area (Å²) < 4.78 is 15.2. The molecule has 0 aliphatic rings. The van der Waals surface area contributed by atoms with E-state index in [4.69, 9.17) is 9.47 Å². The Balaban J connectivity index is 3.53. The van der Waals surface area contributed by atoms with Crippen LogP contribution in [-0.2, 0) is 19.0 Å². The average molecular weight is 218 g/mol. The van der Waals surface area contributed by atoms with Gasteiger partial charge in [0.2, 0.25) is 0 Å². The van der Waals surface area contributed by atoms with Crippen LogP contribution in [0.15, 0.2) is 0 Å². The summed E-state index contributed by atoms with van der Waals surface area (Å²) in [4.78, 5) is 11.3. The molecule has 0 heterocycles. The SMILES string of the molecule is CCCOCCOCC(C)(C)C(=O)OC. The minimum Gasteiger partial charge on any atom is -0.469 e. The van der Waals surface area contributed by atoms with Crippen molar-refractivity contribution < 1.29 is 19.0 Å². The molecular weight excluding hydrogens is 196 g/mol. The predicted molar refractivity (Wildman–Crippen MR) is 57.7 cm³/mol. The molecule has 0 unspecified atom stereocenters. The van der Waals surface area contributed by atoms with Gasteiger partial charge in [0, 0.05) is 6.61 Å². The monoisotopic (exact) mass is 218 g/mol. The third-order valence-corrected chi connectivity index (χ3v) is 1.92. The third kappa shape index (κ3) is 6.47. The molecule has 0 aromatic rings. The molecular formula is C11H22O4. The van der Waals surface area contributed by atoms with E-state index < -0.39 is 5.41 Å². The Morgan fingerprint density at radius 2 is 1.73 bits per heavy atom. The van der Waals surface area contributed by atoms with Gasteiger partial charge in [0.15, 0.2) is 0 Å². The van der Waals surface area contributed by atoms with E-state index in [1.165, 1.54) is 7.11 Å². The van der Waals surface area contributed by atoms with Crippen LogP contribution in [0, 0.1) is 5.41 Å². The van der Waals surface area contributed by atoms with Gasteiger partial charge in [0.25, 0.3) is 0 Å². The van der Waals surface area contributed by atoms with E-state index in [0.29, 0.717) is 19.8 Å². The molecule has 0 saturated heterocycles. The Kier molecular flexibility index (Phi) is 7.34. The number of hydrogen-bond acceptors (Lipinski definition) is 4. The molecule has 0 fully saturated rings. The Labute approximate surface area is 91.9 Å². The van der Waals surface area contributed by atoms with E-state index in [9.17, 15) is 4.79 Å². The van der Waals surface area contributed by atoms with Crippen molar-refractivity contribution >= 4 is 5.97 Å². The van der Waals surface area contributed by atoms with Crippen molar-refractivity contribution in [2.45, 2.75) is 27.2 Å². The second-order valence-electron chi connectivity index (χ2n) is 4.04. The fraction of sp³-hybridized carbons (Fsp3) is 0.909. The maximum absolute atomic E-state index is 11.3. The summed E-state index contributed by atoms with van der Waals surface area (Å²) in [5, 5.41) is 0. The van der Waals surface area contributed by atoms with Gasteiger partial charge < -0.3 is 14.2 Å². The molecule has 90 valence electrons. The lowest BCUT2D eigenvalue weighted by Gasteiger charge is -2.21. The molecule has 0 aromatic heterocycles. The van der Waals surface area contributed by atoms with Crippen LogP contribution in [0.3, 0.4) is 0 Å². The van der Waals surface area contributed by atoms with Crippen LogP contribution in [0.4, 0.5) is 0 Å². The number of esters is 1. The quantitative estimate of drug-likeness (QED) is 0.459. The van der Waals surface area contributed by atoms with Gasteiger partial charge in [-0.1, -0.05) is 6.92 Å². The van der Waals surface area contributed by atoms with Crippen LogP contribution in [0.1, 0.15) is 27.2 Å². The van der Waals surface area contributed by atoms with Gasteiger partial charge in [0.05, 0.1) is 32.3 Å². The van der Waals surface area contributed by atoms with E-state index in [1.54, 1.807) is 13.8 Å². The minimum absolute atomic E-state index is 0.253. The summed E-state index contributed by atoms with van der Waals surface area (Å²) in [6, 6.07) is 0. The number of carbonyl (C=O) groups excluding carboxylic acids is 1. The van der Waals surface area contributed by atoms with Crippen LogP contribution in [0.2, 0.25) is 0 Å². The van der Waals surface area contributed by atoms with Crippen LogP contribution >= 0.6 is 0 Å². The van der Waals surface area contributed by atoms with Crippen molar-refractivity contribution in [2.24, 2.45) is 5.41 Å². The number of rotatable bonds is 8. The zero-order chi connectivity index (χ0) is 11.7. The molecule has 0 radical (unpaired) electrons. The normalized spacial score (nSPS) is 11.5. The molecule has 0 aromatic carbocycles. The van der Waals surface area contributed by atoms with Gasteiger partial charge in [0.1, 0.15) is 0 Å². The summed E-state index contributed by atoms with van der Waals surface area (Å²) >= 11 is 0. The van der Waals surface area contributed by atoms with E-state index >= 15 is 0 Å². The van der Waals surface area contributed by atoms with Crippen LogP contribution in [-0.4, -0.2) is 39.5 Å². The molecule has 15 heavy (non-hydrogen) atoms. The zero-order valence-corrected chi connectivity index (χ0v) is 10.2. The standard InChI is InChI=1S/C11H22O4/c1-5-6-14-7-8-15-9-11(2,3)10(12)13-4/h5-9H2,1-4H3. The Hall–Kier alpha value is -0.610. The zero-order valence-electron chi connectivity index (χ0n) is 10.2. The van der Waals surface area contributed by atoms with E-state index in [0.717, 1.165) is 13.0 Å². The summed E-state index contributed by atoms with van der Waals surface area (Å²) in [5.74, 6) is -0.253. The fourth-order valence-corrected chi connectivity index (χ4v) is 1.03. The van der Waals surface area contributed by atoms with Crippen molar-refractivity contribution in [1.82, 2.24) is 0 Å². The Bertz CT molecular complexity index is 177. The molecule has 0 atom stereocenters. The first-order valence-corrected chi connectivity index (χ1v) is 5.28. The molecule has 4 heteroatoms. The lowest BCUT2D eigenvalue weighted by molar-refractivity contribution is -0.154. The van der Waals surface area contributed by atoms with Crippen LogP contribution in [0.5, 0.6) is 0 Å². The molecule has 0 N–H and O–H groups in total. The largest absolute Gasteiger partial charge is 0.469 e. The summed E-state index contributed by atoms with van der Waals surface area (Å²) in [7, 11) is 1.38. The molecule has 0 saturated carbocycles. The molecule has 0 rings (SSSR count). The number of ether oxygens (including phenoxy) is 3. The minimum atomic E-state index is -0.584. The maximum atomic E-state index is 11.3. The average Bonchev–Trinajstić information content (AvgIpc) is 2.22. The summed E-state index contributed by atoms with van der Waals surface area (Å²) in [6.07, 6.45) is 1.01. The Morgan fingerprint density at radius 1 is 1.13 bits per heavy atom. The first kappa shape index (κ1) is 14.4. The van der Waals surface area contributed by atoms with Gasteiger partial charge >= 0.3 is 5.97 Å². The highest BCUT2D eigenvalue weighted by Gasteiger charge is 2.28. The summed E-state index contributed by atoms with van der Waals surface area (Å²) in [6.45, 7) is 7.85. The van der Waals surface area contributed by atoms with Crippen LogP contribution in [0.25, 0.3) is 0 Å². The smallest absolute Gasteiger partial charge is 0.313 e. The number of carbonyl (C=O) groups is 1. The van der Waals surface area contributed by atoms with E-state index in [-0.39, 0.29) is 5.97 Å². The number of methoxy groups -OCH3 is 1. The molecule has 4 nitrogen and oxygen atoms in total. The molecule has 0 aliphatic heterocycles. The van der Waals surface area contributed by atoms with Crippen molar-refractivity contribution in [3.05, 3.63) is 0 Å². The Morgan fingerprint density at radius 3 is 2.27 bits per heavy atom. The molecule has 0 bridgehead atoms. The van der Waals surface area contributed by atoms with Crippen LogP contribution < -0.4 is 0 Å². The highest BCUT2D eigenvalue weighted by molar-refractivity contribution is 5.75. The van der Waals surface area contributed by atoms with Gasteiger partial charge in [-0.05, 0) is 20.3 Å². The highest BCUT2D eigenvalue weighted by atomic mass is 16.5.